The van der Waals surface area contributed by atoms with Gasteiger partial charge in [-0.05, 0) is 55.8 Å². The molecule has 24 heavy (non-hydrogen) atoms. The van der Waals surface area contributed by atoms with Crippen LogP contribution in [0, 0.1) is 0 Å². The van der Waals surface area contributed by atoms with Crippen molar-refractivity contribution < 1.29 is 27.1 Å². The fourth-order valence-corrected chi connectivity index (χ4v) is 1.99. The third-order valence-electron chi connectivity index (χ3n) is 3.12. The Morgan fingerprint density at radius 3 is 2.46 bits per heavy atom. The van der Waals surface area contributed by atoms with Gasteiger partial charge in [0.25, 0.3) is 5.91 Å². The van der Waals surface area contributed by atoms with Crippen LogP contribution in [0.5, 0.6) is 5.75 Å². The molecule has 0 aliphatic rings. The van der Waals surface area contributed by atoms with Gasteiger partial charge in [0.15, 0.2) is 5.76 Å². The number of furan rings is 1. The predicted molar refractivity (Wildman–Crippen MR) is 81.4 cm³/mol. The van der Waals surface area contributed by atoms with E-state index in [1.807, 2.05) is 0 Å². The molecule has 0 bridgehead atoms. The normalized spacial score (nSPS) is 11.3. The third-order valence-corrected chi connectivity index (χ3v) is 3.12. The summed E-state index contributed by atoms with van der Waals surface area (Å²) in [6.45, 7) is 1.06. The smallest absolute Gasteiger partial charge is 0.451 e. The molecular weight excluding hydrogens is 325 g/mol. The highest BCUT2D eigenvalue weighted by Gasteiger charge is 2.31. The van der Waals surface area contributed by atoms with Gasteiger partial charge in [-0.2, -0.15) is 0 Å². The summed E-state index contributed by atoms with van der Waals surface area (Å²) in [4.78, 5) is 11.9. The van der Waals surface area contributed by atoms with Gasteiger partial charge in [-0.25, -0.2) is 0 Å². The summed E-state index contributed by atoms with van der Waals surface area (Å²) in [6, 6.07) is 8.28. The topological polar surface area (TPSA) is 77.5 Å². The molecule has 1 aromatic carbocycles. The second-order valence-electron chi connectivity index (χ2n) is 4.99. The van der Waals surface area contributed by atoms with Crippen molar-refractivity contribution >= 4 is 5.91 Å². The standard InChI is InChI=1S/C16H17F3N2O3/c17-16(18,19)24-12-5-3-11(4-6-12)13-7-8-14(23-13)15(22)21-10-2-1-9-20/h3-8H,1-2,9-10,20H2,(H,21,22). The number of nitrogens with two attached hydrogens (primary N) is 1. The molecule has 2 aromatic rings. The fourth-order valence-electron chi connectivity index (χ4n) is 1.99. The van der Waals surface area contributed by atoms with E-state index in [1.54, 1.807) is 6.07 Å². The van der Waals surface area contributed by atoms with E-state index >= 15 is 0 Å². The Morgan fingerprint density at radius 2 is 1.83 bits per heavy atom. The van der Waals surface area contributed by atoms with Gasteiger partial charge in [-0.3, -0.25) is 4.79 Å². The number of ether oxygens (including phenoxy) is 1. The van der Waals surface area contributed by atoms with Crippen LogP contribution in [0.15, 0.2) is 40.8 Å². The molecule has 0 atom stereocenters. The monoisotopic (exact) mass is 342 g/mol. The zero-order valence-corrected chi connectivity index (χ0v) is 12.7. The Labute approximate surface area is 136 Å². The van der Waals surface area contributed by atoms with Gasteiger partial charge in [0.1, 0.15) is 11.5 Å². The fraction of sp³-hybridized carbons (Fsp3) is 0.312. The maximum absolute atomic E-state index is 12.1. The second kappa shape index (κ2) is 7.87. The molecule has 130 valence electrons. The van der Waals surface area contributed by atoms with Gasteiger partial charge >= 0.3 is 6.36 Å². The molecular formula is C16H17F3N2O3. The average Bonchev–Trinajstić information content (AvgIpc) is 3.00. The number of alkyl halides is 3. The van der Waals surface area contributed by atoms with Crippen molar-refractivity contribution in [2.24, 2.45) is 5.73 Å². The first-order valence-corrected chi connectivity index (χ1v) is 7.33. The van der Waals surface area contributed by atoms with Crippen LogP contribution in [0.4, 0.5) is 13.2 Å². The summed E-state index contributed by atoms with van der Waals surface area (Å²) >= 11 is 0. The summed E-state index contributed by atoms with van der Waals surface area (Å²) in [5.41, 5.74) is 5.90. The van der Waals surface area contributed by atoms with E-state index in [9.17, 15) is 18.0 Å². The number of amides is 1. The molecule has 0 spiro atoms. The summed E-state index contributed by atoms with van der Waals surface area (Å²) in [7, 11) is 0. The number of carbonyl (C=O) groups excluding carboxylic acids is 1. The number of nitrogens with one attached hydrogen (secondary N) is 1. The van der Waals surface area contributed by atoms with Crippen LogP contribution in [-0.2, 0) is 0 Å². The Balaban J connectivity index is 1.98. The van der Waals surface area contributed by atoms with Crippen molar-refractivity contribution in [3.05, 3.63) is 42.2 Å². The van der Waals surface area contributed by atoms with Gasteiger partial charge in [0.05, 0.1) is 0 Å². The summed E-state index contributed by atoms with van der Waals surface area (Å²) in [6.07, 6.45) is -3.14. The number of benzene rings is 1. The van der Waals surface area contributed by atoms with E-state index in [2.05, 4.69) is 10.1 Å². The van der Waals surface area contributed by atoms with Crippen LogP contribution >= 0.6 is 0 Å². The molecule has 0 saturated heterocycles. The van der Waals surface area contributed by atoms with E-state index in [4.69, 9.17) is 10.2 Å². The van der Waals surface area contributed by atoms with E-state index in [0.717, 1.165) is 12.8 Å². The van der Waals surface area contributed by atoms with Gasteiger partial charge in [0, 0.05) is 12.1 Å². The lowest BCUT2D eigenvalue weighted by Gasteiger charge is -2.08. The van der Waals surface area contributed by atoms with Crippen molar-refractivity contribution in [2.45, 2.75) is 19.2 Å². The molecule has 0 aliphatic carbocycles. The number of carbonyl (C=O) groups is 1. The summed E-state index contributed by atoms with van der Waals surface area (Å²) in [5.74, 6) is -0.167. The quantitative estimate of drug-likeness (QED) is 0.757. The van der Waals surface area contributed by atoms with E-state index in [-0.39, 0.29) is 17.4 Å². The maximum atomic E-state index is 12.1. The first-order valence-electron chi connectivity index (χ1n) is 7.33. The molecule has 8 heteroatoms. The van der Waals surface area contributed by atoms with Crippen LogP contribution in [0.3, 0.4) is 0 Å². The molecule has 3 N–H and O–H groups in total. The van der Waals surface area contributed by atoms with E-state index in [1.165, 1.54) is 30.3 Å². The van der Waals surface area contributed by atoms with Crippen molar-refractivity contribution in [2.75, 3.05) is 13.1 Å². The highest BCUT2D eigenvalue weighted by molar-refractivity contribution is 5.92. The van der Waals surface area contributed by atoms with Gasteiger partial charge in [-0.15, -0.1) is 13.2 Å². The minimum absolute atomic E-state index is 0.133. The number of halogens is 3. The summed E-state index contributed by atoms with van der Waals surface area (Å²) in [5, 5.41) is 2.70. The zero-order chi connectivity index (χ0) is 17.6. The molecule has 0 saturated carbocycles. The Kier molecular flexibility index (Phi) is 5.86. The lowest BCUT2D eigenvalue weighted by Crippen LogP contribution is -2.24. The first-order chi connectivity index (χ1) is 11.4. The lowest BCUT2D eigenvalue weighted by atomic mass is 10.2. The molecule has 1 aromatic heterocycles. The van der Waals surface area contributed by atoms with Crippen molar-refractivity contribution in [3.8, 4) is 17.1 Å². The van der Waals surface area contributed by atoms with Crippen molar-refractivity contribution in [1.82, 2.24) is 5.32 Å². The largest absolute Gasteiger partial charge is 0.573 e. The number of unbranched alkanes of at least 4 members (excludes halogenated alkanes) is 1. The molecule has 1 amide bonds. The van der Waals surface area contributed by atoms with E-state index < -0.39 is 6.36 Å². The predicted octanol–water partition coefficient (Wildman–Crippen LogP) is 3.31. The molecule has 2 rings (SSSR count). The van der Waals surface area contributed by atoms with Gasteiger partial charge in [0.2, 0.25) is 0 Å². The van der Waals surface area contributed by atoms with Crippen LogP contribution in [-0.4, -0.2) is 25.4 Å². The van der Waals surface area contributed by atoms with Crippen LogP contribution in [0.2, 0.25) is 0 Å². The molecule has 0 radical (unpaired) electrons. The molecule has 1 heterocycles. The zero-order valence-electron chi connectivity index (χ0n) is 12.7. The van der Waals surface area contributed by atoms with Crippen LogP contribution in [0.25, 0.3) is 11.3 Å². The van der Waals surface area contributed by atoms with Gasteiger partial charge in [-0.1, -0.05) is 0 Å². The van der Waals surface area contributed by atoms with Crippen LogP contribution in [0.1, 0.15) is 23.4 Å². The number of hydrogen-bond acceptors (Lipinski definition) is 4. The highest BCUT2D eigenvalue weighted by Crippen LogP contribution is 2.27. The van der Waals surface area contributed by atoms with Crippen molar-refractivity contribution in [3.63, 3.8) is 0 Å². The lowest BCUT2D eigenvalue weighted by molar-refractivity contribution is -0.274. The minimum Gasteiger partial charge on any atom is -0.451 e. The van der Waals surface area contributed by atoms with Crippen molar-refractivity contribution in [1.29, 1.82) is 0 Å². The molecule has 0 unspecified atom stereocenters. The third kappa shape index (κ3) is 5.31. The number of hydrogen-bond donors (Lipinski definition) is 2. The number of rotatable bonds is 7. The Morgan fingerprint density at radius 1 is 1.12 bits per heavy atom. The average molecular weight is 342 g/mol. The highest BCUT2D eigenvalue weighted by atomic mass is 19.4. The molecule has 0 aliphatic heterocycles. The van der Waals surface area contributed by atoms with Crippen LogP contribution < -0.4 is 15.8 Å². The van der Waals surface area contributed by atoms with E-state index in [0.29, 0.717) is 24.4 Å². The minimum atomic E-state index is -4.73. The van der Waals surface area contributed by atoms with Gasteiger partial charge < -0.3 is 20.2 Å². The second-order valence-corrected chi connectivity index (χ2v) is 4.99. The Hall–Kier alpha value is -2.48. The molecule has 5 nitrogen and oxygen atoms in total. The SMILES string of the molecule is NCCCCNC(=O)c1ccc(-c2ccc(OC(F)(F)F)cc2)o1. The summed E-state index contributed by atoms with van der Waals surface area (Å²) < 4.78 is 45.6. The Bertz CT molecular complexity index is 666. The molecule has 0 fully saturated rings. The maximum Gasteiger partial charge on any atom is 0.573 e. The first kappa shape index (κ1) is 17.9.